The number of hydrogen-bond donors (Lipinski definition) is 1. The fourth-order valence-electron chi connectivity index (χ4n) is 1.44. The van der Waals surface area contributed by atoms with E-state index in [2.05, 4.69) is 16.6 Å². The predicted molar refractivity (Wildman–Crippen MR) is 64.1 cm³/mol. The molecule has 0 spiro atoms. The molecule has 0 aliphatic heterocycles. The summed E-state index contributed by atoms with van der Waals surface area (Å²) in [6, 6.07) is 7.84. The highest BCUT2D eigenvalue weighted by molar-refractivity contribution is 5.72. The van der Waals surface area contributed by atoms with E-state index in [1.165, 1.54) is 7.11 Å². The molecular weight excluding hydrogens is 202 g/mol. The van der Waals surface area contributed by atoms with Gasteiger partial charge in [-0.15, -0.1) is 6.58 Å². The summed E-state index contributed by atoms with van der Waals surface area (Å²) >= 11 is 0. The van der Waals surface area contributed by atoms with Gasteiger partial charge in [0.05, 0.1) is 13.5 Å². The normalized spacial score (nSPS) is 9.81. The number of nitrogens with one attached hydrogen (secondary N) is 1. The van der Waals surface area contributed by atoms with Crippen molar-refractivity contribution in [1.82, 2.24) is 5.32 Å². The number of ether oxygens (including phenoxy) is 1. The molecule has 0 saturated heterocycles. The first-order chi connectivity index (χ1) is 7.77. The summed E-state index contributed by atoms with van der Waals surface area (Å²) in [5.41, 5.74) is 2.13. The van der Waals surface area contributed by atoms with Crippen LogP contribution in [-0.2, 0) is 22.5 Å². The number of hydrogen-bond acceptors (Lipinski definition) is 3. The second kappa shape index (κ2) is 6.80. The summed E-state index contributed by atoms with van der Waals surface area (Å²) in [5.74, 6) is -0.212. The smallest absolute Gasteiger partial charge is 0.309 e. The number of carbonyl (C=O) groups excluding carboxylic acids is 1. The van der Waals surface area contributed by atoms with Crippen LogP contribution in [0.15, 0.2) is 36.9 Å². The van der Waals surface area contributed by atoms with Crippen LogP contribution in [0.1, 0.15) is 11.1 Å². The maximum Gasteiger partial charge on any atom is 0.309 e. The van der Waals surface area contributed by atoms with E-state index in [9.17, 15) is 4.79 Å². The lowest BCUT2D eigenvalue weighted by atomic mass is 10.0. The lowest BCUT2D eigenvalue weighted by Gasteiger charge is -2.08. The molecular formula is C13H17NO2. The minimum Gasteiger partial charge on any atom is -0.469 e. The van der Waals surface area contributed by atoms with Crippen molar-refractivity contribution < 1.29 is 9.53 Å². The topological polar surface area (TPSA) is 38.3 Å². The largest absolute Gasteiger partial charge is 0.469 e. The van der Waals surface area contributed by atoms with E-state index in [4.69, 9.17) is 0 Å². The Bertz CT molecular complexity index is 361. The third kappa shape index (κ3) is 3.87. The number of carbonyl (C=O) groups is 1. The van der Waals surface area contributed by atoms with Crippen molar-refractivity contribution in [3.05, 3.63) is 48.0 Å². The van der Waals surface area contributed by atoms with Crippen molar-refractivity contribution in [2.75, 3.05) is 13.7 Å². The van der Waals surface area contributed by atoms with Crippen molar-refractivity contribution in [3.8, 4) is 0 Å². The molecule has 0 bridgehead atoms. The molecule has 0 aliphatic rings. The maximum atomic E-state index is 11.2. The van der Waals surface area contributed by atoms with Crippen molar-refractivity contribution in [2.45, 2.75) is 13.0 Å². The van der Waals surface area contributed by atoms with E-state index >= 15 is 0 Å². The first kappa shape index (κ1) is 12.5. The molecule has 1 rings (SSSR count). The van der Waals surface area contributed by atoms with Crippen LogP contribution in [0.2, 0.25) is 0 Å². The lowest BCUT2D eigenvalue weighted by molar-refractivity contribution is -0.139. The Labute approximate surface area is 96.1 Å². The second-order valence-electron chi connectivity index (χ2n) is 3.44. The highest BCUT2D eigenvalue weighted by atomic mass is 16.5. The van der Waals surface area contributed by atoms with Crippen molar-refractivity contribution >= 4 is 5.97 Å². The van der Waals surface area contributed by atoms with Gasteiger partial charge in [-0.2, -0.15) is 0 Å². The standard InChI is InChI=1S/C13H17NO2/c1-3-8-14-10-12-7-5-4-6-11(12)9-13(15)16-2/h3-7,14H,1,8-10H2,2H3. The Morgan fingerprint density at radius 3 is 2.75 bits per heavy atom. The van der Waals surface area contributed by atoms with Gasteiger partial charge in [-0.25, -0.2) is 0 Å². The van der Waals surface area contributed by atoms with Crippen LogP contribution in [0.25, 0.3) is 0 Å². The maximum absolute atomic E-state index is 11.2. The zero-order chi connectivity index (χ0) is 11.8. The fourth-order valence-corrected chi connectivity index (χ4v) is 1.44. The van der Waals surface area contributed by atoms with Gasteiger partial charge in [0.15, 0.2) is 0 Å². The summed E-state index contributed by atoms with van der Waals surface area (Å²) in [6.07, 6.45) is 2.13. The molecule has 0 aromatic heterocycles. The van der Waals surface area contributed by atoms with Crippen molar-refractivity contribution in [3.63, 3.8) is 0 Å². The SMILES string of the molecule is C=CCNCc1ccccc1CC(=O)OC. The third-order valence-electron chi connectivity index (χ3n) is 2.28. The van der Waals surface area contributed by atoms with E-state index in [1.807, 2.05) is 30.3 Å². The Hall–Kier alpha value is -1.61. The predicted octanol–water partition coefficient (Wildman–Crippen LogP) is 1.68. The molecule has 16 heavy (non-hydrogen) atoms. The molecule has 0 unspecified atom stereocenters. The Kier molecular flexibility index (Phi) is 5.29. The van der Waals surface area contributed by atoms with Crippen LogP contribution in [0.5, 0.6) is 0 Å². The Morgan fingerprint density at radius 2 is 2.12 bits per heavy atom. The molecule has 0 fully saturated rings. The average molecular weight is 219 g/mol. The zero-order valence-electron chi connectivity index (χ0n) is 9.53. The second-order valence-corrected chi connectivity index (χ2v) is 3.44. The van der Waals surface area contributed by atoms with E-state index in [-0.39, 0.29) is 5.97 Å². The van der Waals surface area contributed by atoms with Crippen molar-refractivity contribution in [1.29, 1.82) is 0 Å². The van der Waals surface area contributed by atoms with E-state index in [0.29, 0.717) is 6.42 Å². The minimum atomic E-state index is -0.212. The first-order valence-corrected chi connectivity index (χ1v) is 5.23. The molecule has 86 valence electrons. The Balaban J connectivity index is 2.67. The van der Waals surface area contributed by atoms with E-state index in [0.717, 1.165) is 24.2 Å². The number of methoxy groups -OCH3 is 1. The van der Waals surface area contributed by atoms with Crippen LogP contribution in [0, 0.1) is 0 Å². The summed E-state index contributed by atoms with van der Waals surface area (Å²) in [5, 5.41) is 3.21. The molecule has 3 nitrogen and oxygen atoms in total. The summed E-state index contributed by atoms with van der Waals surface area (Å²) in [4.78, 5) is 11.2. The molecule has 0 atom stereocenters. The van der Waals surface area contributed by atoms with Crippen LogP contribution >= 0.6 is 0 Å². The average Bonchev–Trinajstić information content (AvgIpc) is 2.31. The quantitative estimate of drug-likeness (QED) is 0.449. The minimum absolute atomic E-state index is 0.212. The fraction of sp³-hybridized carbons (Fsp3) is 0.308. The molecule has 0 aliphatic carbocycles. The zero-order valence-corrected chi connectivity index (χ0v) is 9.53. The van der Waals surface area contributed by atoms with Gasteiger partial charge < -0.3 is 10.1 Å². The van der Waals surface area contributed by atoms with Gasteiger partial charge in [-0.1, -0.05) is 30.3 Å². The van der Waals surface area contributed by atoms with Gasteiger partial charge in [0, 0.05) is 13.1 Å². The summed E-state index contributed by atoms with van der Waals surface area (Å²) in [7, 11) is 1.40. The molecule has 0 radical (unpaired) electrons. The van der Waals surface area contributed by atoms with Crippen LogP contribution in [0.4, 0.5) is 0 Å². The van der Waals surface area contributed by atoms with Crippen molar-refractivity contribution in [2.24, 2.45) is 0 Å². The molecule has 0 heterocycles. The summed E-state index contributed by atoms with van der Waals surface area (Å²) < 4.78 is 4.66. The highest BCUT2D eigenvalue weighted by Crippen LogP contribution is 2.09. The molecule has 0 amide bonds. The number of rotatable bonds is 6. The molecule has 1 aromatic rings. The molecule has 1 N–H and O–H groups in total. The monoisotopic (exact) mass is 219 g/mol. The van der Waals surface area contributed by atoms with Gasteiger partial charge in [0.1, 0.15) is 0 Å². The van der Waals surface area contributed by atoms with Crippen LogP contribution < -0.4 is 5.32 Å². The molecule has 0 saturated carbocycles. The molecule has 1 aromatic carbocycles. The summed E-state index contributed by atoms with van der Waals surface area (Å²) in [6.45, 7) is 5.13. The van der Waals surface area contributed by atoms with Gasteiger partial charge in [0.25, 0.3) is 0 Å². The van der Waals surface area contributed by atoms with Gasteiger partial charge in [0.2, 0.25) is 0 Å². The molecule has 3 heteroatoms. The lowest BCUT2D eigenvalue weighted by Crippen LogP contribution is -2.15. The van der Waals surface area contributed by atoms with Gasteiger partial charge >= 0.3 is 5.97 Å². The van der Waals surface area contributed by atoms with Gasteiger partial charge in [-0.05, 0) is 11.1 Å². The van der Waals surface area contributed by atoms with E-state index < -0.39 is 0 Å². The first-order valence-electron chi connectivity index (χ1n) is 5.23. The van der Waals surface area contributed by atoms with Gasteiger partial charge in [-0.3, -0.25) is 4.79 Å². The Morgan fingerprint density at radius 1 is 1.44 bits per heavy atom. The van der Waals surface area contributed by atoms with Crippen LogP contribution in [-0.4, -0.2) is 19.6 Å². The van der Waals surface area contributed by atoms with Crippen LogP contribution in [0.3, 0.4) is 0 Å². The number of benzene rings is 1. The number of esters is 1. The highest BCUT2D eigenvalue weighted by Gasteiger charge is 2.06. The third-order valence-corrected chi connectivity index (χ3v) is 2.28. The van der Waals surface area contributed by atoms with E-state index in [1.54, 1.807) is 0 Å².